The number of fused-ring (bicyclic) bond motifs is 1. The van der Waals surface area contributed by atoms with Crippen molar-refractivity contribution in [1.29, 1.82) is 0 Å². The molecule has 26 heavy (non-hydrogen) atoms. The quantitative estimate of drug-likeness (QED) is 0.641. The van der Waals surface area contributed by atoms with Gasteiger partial charge in [0.05, 0.1) is 5.56 Å². The van der Waals surface area contributed by atoms with Crippen LogP contribution in [0.15, 0.2) is 28.8 Å². The van der Waals surface area contributed by atoms with Crippen LogP contribution in [0.25, 0.3) is 11.2 Å². The first-order valence-corrected chi connectivity index (χ1v) is 8.48. The number of amides is 1. The third-order valence-corrected chi connectivity index (χ3v) is 4.52. The van der Waals surface area contributed by atoms with Crippen LogP contribution in [0.2, 0.25) is 5.15 Å². The number of aryl methyl sites for hydroxylation is 1. The molecule has 0 spiro atoms. The summed E-state index contributed by atoms with van der Waals surface area (Å²) < 4.78 is 19.0. The van der Waals surface area contributed by atoms with Crippen LogP contribution in [0.4, 0.5) is 10.4 Å². The predicted molar refractivity (Wildman–Crippen MR) is 93.9 cm³/mol. The average molecular weight is 376 g/mol. The van der Waals surface area contributed by atoms with Gasteiger partial charge in [-0.1, -0.05) is 11.6 Å². The van der Waals surface area contributed by atoms with Gasteiger partial charge in [0.2, 0.25) is 11.6 Å². The highest BCUT2D eigenvalue weighted by molar-refractivity contribution is 6.29. The Balaban J connectivity index is 1.46. The molecule has 0 unspecified atom stereocenters. The summed E-state index contributed by atoms with van der Waals surface area (Å²) in [7, 11) is 0. The van der Waals surface area contributed by atoms with Crippen molar-refractivity contribution in [2.75, 3.05) is 31.1 Å². The first-order chi connectivity index (χ1) is 12.5. The summed E-state index contributed by atoms with van der Waals surface area (Å²) in [6.07, 6.45) is 1.27. The second-order valence-corrected chi connectivity index (χ2v) is 6.45. The number of halogens is 2. The molecule has 0 N–H and O–H groups in total. The van der Waals surface area contributed by atoms with E-state index in [0.29, 0.717) is 59.7 Å². The molecule has 3 aromatic rings. The van der Waals surface area contributed by atoms with Crippen molar-refractivity contribution in [2.45, 2.75) is 6.92 Å². The van der Waals surface area contributed by atoms with Gasteiger partial charge in [-0.3, -0.25) is 4.79 Å². The second-order valence-electron chi connectivity index (χ2n) is 6.06. The zero-order chi connectivity index (χ0) is 18.3. The second kappa shape index (κ2) is 6.53. The summed E-state index contributed by atoms with van der Waals surface area (Å²) in [5.41, 5.74) is 1.76. The lowest BCUT2D eigenvalue weighted by Gasteiger charge is -2.33. The van der Waals surface area contributed by atoms with Crippen molar-refractivity contribution >= 4 is 34.8 Å². The Labute approximate surface area is 153 Å². The molecule has 0 radical (unpaired) electrons. The van der Waals surface area contributed by atoms with Gasteiger partial charge in [0, 0.05) is 37.9 Å². The van der Waals surface area contributed by atoms with Crippen LogP contribution in [-0.2, 0) is 0 Å². The number of anilines is 1. The predicted octanol–water partition coefficient (Wildman–Crippen LogP) is 2.68. The van der Waals surface area contributed by atoms with E-state index in [4.69, 9.17) is 16.0 Å². The normalized spacial score (nSPS) is 14.9. The Kier molecular flexibility index (Phi) is 4.20. The molecule has 1 aliphatic rings. The number of carbonyl (C=O) groups is 1. The Morgan fingerprint density at radius 2 is 2.00 bits per heavy atom. The standard InChI is InChI=1S/C17H15ClFN5O2/c1-10-8-11(9-20-14(10)19)16(25)23-4-6-24(7-5-23)17-22-15-12(26-17)2-3-13(18)21-15/h2-3,8-9H,4-7H2,1H3. The Morgan fingerprint density at radius 1 is 1.23 bits per heavy atom. The van der Waals surface area contributed by atoms with E-state index in [1.54, 1.807) is 24.0 Å². The largest absolute Gasteiger partial charge is 0.422 e. The molecule has 7 nitrogen and oxygen atoms in total. The molecule has 1 amide bonds. The van der Waals surface area contributed by atoms with Gasteiger partial charge < -0.3 is 14.2 Å². The highest BCUT2D eigenvalue weighted by Gasteiger charge is 2.25. The maximum atomic E-state index is 13.3. The van der Waals surface area contributed by atoms with E-state index in [-0.39, 0.29) is 5.91 Å². The van der Waals surface area contributed by atoms with Crippen LogP contribution in [-0.4, -0.2) is 51.9 Å². The maximum Gasteiger partial charge on any atom is 0.300 e. The average Bonchev–Trinajstić information content (AvgIpc) is 3.06. The molecule has 0 saturated carbocycles. The summed E-state index contributed by atoms with van der Waals surface area (Å²) in [5.74, 6) is -0.720. The van der Waals surface area contributed by atoms with Crippen LogP contribution in [0.1, 0.15) is 15.9 Å². The molecule has 4 rings (SSSR count). The maximum absolute atomic E-state index is 13.3. The molecule has 1 aliphatic heterocycles. The van der Waals surface area contributed by atoms with E-state index in [0.717, 1.165) is 0 Å². The van der Waals surface area contributed by atoms with Gasteiger partial charge in [0.1, 0.15) is 5.15 Å². The number of carbonyl (C=O) groups excluding carboxylic acids is 1. The van der Waals surface area contributed by atoms with Crippen LogP contribution in [0.5, 0.6) is 0 Å². The van der Waals surface area contributed by atoms with Gasteiger partial charge in [-0.2, -0.15) is 9.37 Å². The number of oxazole rings is 1. The topological polar surface area (TPSA) is 75.4 Å². The number of hydrogen-bond donors (Lipinski definition) is 0. The van der Waals surface area contributed by atoms with E-state index in [9.17, 15) is 9.18 Å². The first-order valence-electron chi connectivity index (χ1n) is 8.11. The van der Waals surface area contributed by atoms with Gasteiger partial charge >= 0.3 is 0 Å². The summed E-state index contributed by atoms with van der Waals surface area (Å²) >= 11 is 5.87. The van der Waals surface area contributed by atoms with Gasteiger partial charge in [-0.15, -0.1) is 0 Å². The van der Waals surface area contributed by atoms with E-state index >= 15 is 0 Å². The minimum Gasteiger partial charge on any atom is -0.422 e. The smallest absolute Gasteiger partial charge is 0.300 e. The fourth-order valence-corrected chi connectivity index (χ4v) is 3.02. The van der Waals surface area contributed by atoms with Crippen molar-refractivity contribution in [3.8, 4) is 0 Å². The minimum absolute atomic E-state index is 0.161. The fraction of sp³-hybridized carbons (Fsp3) is 0.294. The lowest BCUT2D eigenvalue weighted by atomic mass is 10.2. The van der Waals surface area contributed by atoms with Gasteiger partial charge in [0.15, 0.2) is 5.58 Å². The molecule has 0 aliphatic carbocycles. The molecule has 134 valence electrons. The van der Waals surface area contributed by atoms with Crippen molar-refractivity contribution in [3.63, 3.8) is 0 Å². The monoisotopic (exact) mass is 375 g/mol. The van der Waals surface area contributed by atoms with Crippen LogP contribution >= 0.6 is 11.6 Å². The molecule has 0 aromatic carbocycles. The zero-order valence-corrected chi connectivity index (χ0v) is 14.7. The van der Waals surface area contributed by atoms with Crippen molar-refractivity contribution in [3.05, 3.63) is 46.6 Å². The first kappa shape index (κ1) is 16.7. The van der Waals surface area contributed by atoms with Crippen molar-refractivity contribution in [1.82, 2.24) is 19.9 Å². The summed E-state index contributed by atoms with van der Waals surface area (Å²) in [6, 6.07) is 5.35. The third kappa shape index (κ3) is 3.08. The number of piperazine rings is 1. The molecule has 0 bridgehead atoms. The van der Waals surface area contributed by atoms with E-state index in [2.05, 4.69) is 15.0 Å². The Hall–Kier alpha value is -2.74. The van der Waals surface area contributed by atoms with Gasteiger partial charge in [0.25, 0.3) is 11.9 Å². The van der Waals surface area contributed by atoms with Gasteiger partial charge in [-0.25, -0.2) is 9.97 Å². The van der Waals surface area contributed by atoms with Crippen LogP contribution < -0.4 is 4.90 Å². The summed E-state index contributed by atoms with van der Waals surface area (Å²) in [5, 5.41) is 0.357. The number of hydrogen-bond acceptors (Lipinski definition) is 6. The molecule has 1 saturated heterocycles. The fourth-order valence-electron chi connectivity index (χ4n) is 2.88. The molecular formula is C17H15ClFN5O2. The number of pyridine rings is 2. The Bertz CT molecular complexity index is 984. The van der Waals surface area contributed by atoms with E-state index in [1.807, 2.05) is 4.90 Å². The lowest BCUT2D eigenvalue weighted by molar-refractivity contribution is 0.0744. The van der Waals surface area contributed by atoms with E-state index < -0.39 is 5.95 Å². The third-order valence-electron chi connectivity index (χ3n) is 4.31. The number of nitrogens with zero attached hydrogens (tertiary/aromatic N) is 5. The van der Waals surface area contributed by atoms with Gasteiger partial charge in [-0.05, 0) is 25.1 Å². The van der Waals surface area contributed by atoms with Crippen LogP contribution in [0.3, 0.4) is 0 Å². The molecular weight excluding hydrogens is 361 g/mol. The Morgan fingerprint density at radius 3 is 2.73 bits per heavy atom. The van der Waals surface area contributed by atoms with Crippen LogP contribution in [0, 0.1) is 12.9 Å². The van der Waals surface area contributed by atoms with E-state index in [1.165, 1.54) is 12.3 Å². The SMILES string of the molecule is Cc1cc(C(=O)N2CCN(c3nc4nc(Cl)ccc4o3)CC2)cnc1F. The summed E-state index contributed by atoms with van der Waals surface area (Å²) in [6.45, 7) is 3.73. The minimum atomic E-state index is -0.559. The van der Waals surface area contributed by atoms with Crippen molar-refractivity contribution in [2.24, 2.45) is 0 Å². The number of rotatable bonds is 2. The number of aromatic nitrogens is 3. The molecule has 4 heterocycles. The molecule has 9 heteroatoms. The molecule has 3 aromatic heterocycles. The molecule has 0 atom stereocenters. The lowest BCUT2D eigenvalue weighted by Crippen LogP contribution is -2.49. The molecule has 1 fully saturated rings. The highest BCUT2D eigenvalue weighted by atomic mass is 35.5. The summed E-state index contributed by atoms with van der Waals surface area (Å²) in [4.78, 5) is 28.3. The zero-order valence-electron chi connectivity index (χ0n) is 13.9. The van der Waals surface area contributed by atoms with Crippen molar-refractivity contribution < 1.29 is 13.6 Å². The highest BCUT2D eigenvalue weighted by Crippen LogP contribution is 2.23.